The van der Waals surface area contributed by atoms with Gasteiger partial charge in [0, 0.05) is 33.2 Å². The zero-order valence-corrected chi connectivity index (χ0v) is 12.9. The van der Waals surface area contributed by atoms with Gasteiger partial charge in [0.15, 0.2) is 0 Å². The monoisotopic (exact) mass is 277 g/mol. The minimum absolute atomic E-state index is 0.238. The molecule has 0 amide bonds. The van der Waals surface area contributed by atoms with Gasteiger partial charge in [-0.25, -0.2) is 0 Å². The number of benzene rings is 1. The molecule has 0 atom stereocenters. The molecular formula is C16H27N3O. The Hall–Kier alpha value is -1.39. The first kappa shape index (κ1) is 16.7. The Bertz CT molecular complexity index is 401. The standard InChI is InChI=1S/C16H27N3O/c1-13(2)15-6-4-14(5-7-15)12-19(10-11-20-3)9-8-16(17)18/h4-7,13H,8-12H2,1-3H3,(H3,17,18). The number of rotatable bonds is 9. The zero-order chi connectivity index (χ0) is 15.0. The molecule has 0 bridgehead atoms. The summed E-state index contributed by atoms with van der Waals surface area (Å²) in [6.45, 7) is 7.62. The van der Waals surface area contributed by atoms with Crippen molar-refractivity contribution in [2.75, 3.05) is 26.8 Å². The lowest BCUT2D eigenvalue weighted by atomic mass is 10.0. The largest absolute Gasteiger partial charge is 0.388 e. The molecule has 0 aliphatic carbocycles. The van der Waals surface area contributed by atoms with E-state index in [0.29, 0.717) is 18.9 Å². The van der Waals surface area contributed by atoms with Crippen molar-refractivity contribution in [1.29, 1.82) is 5.41 Å². The Labute approximate surface area is 122 Å². The normalized spacial score (nSPS) is 11.2. The Balaban J connectivity index is 2.60. The molecule has 0 aliphatic heterocycles. The smallest absolute Gasteiger partial charge is 0.0918 e. The van der Waals surface area contributed by atoms with Gasteiger partial charge in [0.1, 0.15) is 0 Å². The van der Waals surface area contributed by atoms with Gasteiger partial charge in [-0.2, -0.15) is 0 Å². The summed E-state index contributed by atoms with van der Waals surface area (Å²) in [6.07, 6.45) is 0.605. The predicted molar refractivity (Wildman–Crippen MR) is 84.2 cm³/mol. The van der Waals surface area contributed by atoms with Crippen LogP contribution in [0, 0.1) is 5.41 Å². The van der Waals surface area contributed by atoms with Crippen molar-refractivity contribution in [1.82, 2.24) is 4.90 Å². The van der Waals surface area contributed by atoms with Crippen molar-refractivity contribution in [3.8, 4) is 0 Å². The summed E-state index contributed by atoms with van der Waals surface area (Å²) in [5.74, 6) is 0.800. The average molecular weight is 277 g/mol. The van der Waals surface area contributed by atoms with Gasteiger partial charge in [0.05, 0.1) is 12.4 Å². The molecule has 0 unspecified atom stereocenters. The molecule has 0 aromatic heterocycles. The maximum Gasteiger partial charge on any atom is 0.0918 e. The molecule has 0 radical (unpaired) electrons. The molecule has 4 heteroatoms. The van der Waals surface area contributed by atoms with Crippen LogP contribution in [0.3, 0.4) is 0 Å². The van der Waals surface area contributed by atoms with E-state index in [9.17, 15) is 0 Å². The van der Waals surface area contributed by atoms with Gasteiger partial charge in [-0.05, 0) is 17.0 Å². The van der Waals surface area contributed by atoms with Crippen molar-refractivity contribution in [2.45, 2.75) is 32.7 Å². The van der Waals surface area contributed by atoms with Crippen molar-refractivity contribution in [2.24, 2.45) is 5.73 Å². The van der Waals surface area contributed by atoms with Crippen LogP contribution in [-0.4, -0.2) is 37.5 Å². The van der Waals surface area contributed by atoms with E-state index < -0.39 is 0 Å². The van der Waals surface area contributed by atoms with Gasteiger partial charge in [-0.3, -0.25) is 10.3 Å². The molecule has 0 heterocycles. The van der Waals surface area contributed by atoms with Crippen LogP contribution in [0.4, 0.5) is 0 Å². The SMILES string of the molecule is COCCN(CCC(=N)N)Cc1ccc(C(C)C)cc1. The maximum absolute atomic E-state index is 7.34. The predicted octanol–water partition coefficient (Wildman–Crippen LogP) is 2.58. The summed E-state index contributed by atoms with van der Waals surface area (Å²) in [6, 6.07) is 8.75. The summed E-state index contributed by atoms with van der Waals surface area (Å²) in [5.41, 5.74) is 8.09. The van der Waals surface area contributed by atoms with E-state index in [0.717, 1.165) is 19.6 Å². The van der Waals surface area contributed by atoms with Gasteiger partial charge >= 0.3 is 0 Å². The van der Waals surface area contributed by atoms with Crippen LogP contribution in [-0.2, 0) is 11.3 Å². The number of nitrogens with one attached hydrogen (secondary N) is 1. The Morgan fingerprint density at radius 1 is 1.25 bits per heavy atom. The van der Waals surface area contributed by atoms with Crippen molar-refractivity contribution in [3.05, 3.63) is 35.4 Å². The van der Waals surface area contributed by atoms with Crippen LogP contribution in [0.15, 0.2) is 24.3 Å². The second-order valence-electron chi connectivity index (χ2n) is 5.44. The number of hydrogen-bond acceptors (Lipinski definition) is 3. The van der Waals surface area contributed by atoms with Crippen LogP contribution in [0.1, 0.15) is 37.3 Å². The average Bonchev–Trinajstić information content (AvgIpc) is 2.42. The Morgan fingerprint density at radius 2 is 1.90 bits per heavy atom. The van der Waals surface area contributed by atoms with Crippen LogP contribution >= 0.6 is 0 Å². The van der Waals surface area contributed by atoms with Crippen LogP contribution in [0.5, 0.6) is 0 Å². The van der Waals surface area contributed by atoms with Gasteiger partial charge in [0.2, 0.25) is 0 Å². The Morgan fingerprint density at radius 3 is 2.40 bits per heavy atom. The third kappa shape index (κ3) is 6.17. The van der Waals surface area contributed by atoms with Gasteiger partial charge in [-0.15, -0.1) is 0 Å². The van der Waals surface area contributed by atoms with Crippen LogP contribution < -0.4 is 5.73 Å². The summed E-state index contributed by atoms with van der Waals surface area (Å²) in [7, 11) is 1.71. The van der Waals surface area contributed by atoms with E-state index in [1.54, 1.807) is 7.11 Å². The number of amidine groups is 1. The van der Waals surface area contributed by atoms with Gasteiger partial charge in [-0.1, -0.05) is 38.1 Å². The third-order valence-electron chi connectivity index (χ3n) is 3.36. The molecule has 1 rings (SSSR count). The van der Waals surface area contributed by atoms with E-state index in [-0.39, 0.29) is 5.84 Å². The topological polar surface area (TPSA) is 62.3 Å². The zero-order valence-electron chi connectivity index (χ0n) is 12.9. The molecule has 1 aromatic carbocycles. The maximum atomic E-state index is 7.34. The van der Waals surface area contributed by atoms with Crippen LogP contribution in [0.2, 0.25) is 0 Å². The minimum Gasteiger partial charge on any atom is -0.388 e. The van der Waals surface area contributed by atoms with E-state index in [1.807, 2.05) is 0 Å². The molecule has 4 nitrogen and oxygen atoms in total. The molecule has 3 N–H and O–H groups in total. The highest BCUT2D eigenvalue weighted by Gasteiger charge is 2.07. The van der Waals surface area contributed by atoms with Crippen molar-refractivity contribution in [3.63, 3.8) is 0 Å². The molecule has 0 fully saturated rings. The fourth-order valence-corrected chi connectivity index (χ4v) is 2.04. The lowest BCUT2D eigenvalue weighted by Gasteiger charge is -2.22. The minimum atomic E-state index is 0.238. The molecule has 0 spiro atoms. The number of ether oxygens (including phenoxy) is 1. The van der Waals surface area contributed by atoms with E-state index >= 15 is 0 Å². The van der Waals surface area contributed by atoms with Gasteiger partial charge in [0.25, 0.3) is 0 Å². The quantitative estimate of drug-likeness (QED) is 0.538. The molecule has 1 aromatic rings. The highest BCUT2D eigenvalue weighted by atomic mass is 16.5. The second-order valence-corrected chi connectivity index (χ2v) is 5.44. The van der Waals surface area contributed by atoms with Crippen LogP contribution in [0.25, 0.3) is 0 Å². The third-order valence-corrected chi connectivity index (χ3v) is 3.36. The second kappa shape index (κ2) is 8.72. The molecule has 0 aliphatic rings. The number of nitrogens with zero attached hydrogens (tertiary/aromatic N) is 1. The summed E-state index contributed by atoms with van der Waals surface area (Å²) in [4.78, 5) is 2.27. The van der Waals surface area contributed by atoms with E-state index in [4.69, 9.17) is 15.9 Å². The number of nitrogens with two attached hydrogens (primary N) is 1. The molecule has 0 saturated heterocycles. The molecule has 0 saturated carbocycles. The first-order valence-corrected chi connectivity index (χ1v) is 7.16. The first-order valence-electron chi connectivity index (χ1n) is 7.16. The van der Waals surface area contributed by atoms with E-state index in [2.05, 4.69) is 43.0 Å². The summed E-state index contributed by atoms with van der Waals surface area (Å²) in [5, 5.41) is 7.34. The number of hydrogen-bond donors (Lipinski definition) is 2. The number of methoxy groups -OCH3 is 1. The fourth-order valence-electron chi connectivity index (χ4n) is 2.04. The lowest BCUT2D eigenvalue weighted by Crippen LogP contribution is -2.30. The fraction of sp³-hybridized carbons (Fsp3) is 0.562. The Kier molecular flexibility index (Phi) is 7.26. The van der Waals surface area contributed by atoms with E-state index in [1.165, 1.54) is 11.1 Å². The summed E-state index contributed by atoms with van der Waals surface area (Å²) >= 11 is 0. The first-order chi connectivity index (χ1) is 9.52. The summed E-state index contributed by atoms with van der Waals surface area (Å²) < 4.78 is 5.14. The molecule has 112 valence electrons. The van der Waals surface area contributed by atoms with Crippen molar-refractivity contribution < 1.29 is 4.74 Å². The highest BCUT2D eigenvalue weighted by Crippen LogP contribution is 2.15. The van der Waals surface area contributed by atoms with Crippen molar-refractivity contribution >= 4 is 5.84 Å². The molecular weight excluding hydrogens is 250 g/mol. The molecule has 20 heavy (non-hydrogen) atoms. The van der Waals surface area contributed by atoms with Gasteiger partial charge < -0.3 is 10.5 Å². The lowest BCUT2D eigenvalue weighted by molar-refractivity contribution is 0.145. The highest BCUT2D eigenvalue weighted by molar-refractivity contribution is 5.76.